The van der Waals surface area contributed by atoms with E-state index in [-0.39, 0.29) is 11.6 Å². The number of piperidine rings is 1. The van der Waals surface area contributed by atoms with Crippen LogP contribution in [0.5, 0.6) is 0 Å². The van der Waals surface area contributed by atoms with Crippen molar-refractivity contribution in [3.05, 3.63) is 42.4 Å². The molecule has 10 nitrogen and oxygen atoms in total. The summed E-state index contributed by atoms with van der Waals surface area (Å²) in [6.45, 7) is 3.51. The minimum atomic E-state index is -5.08. The van der Waals surface area contributed by atoms with Crippen molar-refractivity contribution in [2.45, 2.75) is 49.8 Å². The van der Waals surface area contributed by atoms with Crippen molar-refractivity contribution < 1.29 is 59.7 Å². The molecule has 0 radical (unpaired) electrons. The number of ether oxygens (including phenoxy) is 1. The highest BCUT2D eigenvalue weighted by Crippen LogP contribution is 2.36. The van der Waals surface area contributed by atoms with Gasteiger partial charge in [0.25, 0.3) is 0 Å². The van der Waals surface area contributed by atoms with Gasteiger partial charge in [0.15, 0.2) is 5.82 Å². The largest absolute Gasteiger partial charge is 0.490 e. The van der Waals surface area contributed by atoms with Gasteiger partial charge in [-0.15, -0.1) is 0 Å². The number of anilines is 1. The van der Waals surface area contributed by atoms with Gasteiger partial charge < -0.3 is 24.7 Å². The van der Waals surface area contributed by atoms with Crippen molar-refractivity contribution in [3.8, 4) is 0 Å². The molecule has 212 valence electrons. The summed E-state index contributed by atoms with van der Waals surface area (Å²) in [7, 11) is 0. The summed E-state index contributed by atoms with van der Waals surface area (Å²) in [4.78, 5) is 28.1. The van der Waals surface area contributed by atoms with E-state index in [9.17, 15) is 30.7 Å². The van der Waals surface area contributed by atoms with E-state index < -0.39 is 30.1 Å². The average Bonchev–Trinajstić information content (AvgIpc) is 3.45. The molecule has 2 fully saturated rings. The van der Waals surface area contributed by atoms with Crippen LogP contribution >= 0.6 is 0 Å². The summed E-state index contributed by atoms with van der Waals surface area (Å²) < 4.78 is 87.7. The second kappa shape index (κ2) is 12.9. The van der Waals surface area contributed by atoms with Crippen LogP contribution in [0.15, 0.2) is 35.4 Å². The van der Waals surface area contributed by atoms with Crippen molar-refractivity contribution in [2.24, 2.45) is 0 Å². The second-order valence-corrected chi connectivity index (χ2v) is 8.32. The van der Waals surface area contributed by atoms with Gasteiger partial charge in [0.05, 0.1) is 43.2 Å². The molecule has 3 N–H and O–H groups in total. The lowest BCUT2D eigenvalue weighted by molar-refractivity contribution is -0.193. The number of alkyl halides is 6. The molecule has 2 aromatic heterocycles. The Morgan fingerprint density at radius 3 is 2.18 bits per heavy atom. The first-order valence-electron chi connectivity index (χ1n) is 10.8. The van der Waals surface area contributed by atoms with Gasteiger partial charge in [-0.1, -0.05) is 0 Å². The lowest BCUT2D eigenvalue weighted by Gasteiger charge is -2.39. The van der Waals surface area contributed by atoms with Crippen molar-refractivity contribution in [3.63, 3.8) is 0 Å². The zero-order valence-electron chi connectivity index (χ0n) is 19.4. The van der Waals surface area contributed by atoms with Crippen molar-refractivity contribution in [1.29, 1.82) is 0 Å². The fourth-order valence-corrected chi connectivity index (χ4v) is 3.76. The van der Waals surface area contributed by atoms with Crippen molar-refractivity contribution in [1.82, 2.24) is 14.9 Å². The highest BCUT2D eigenvalue weighted by atomic mass is 19.4. The van der Waals surface area contributed by atoms with Crippen LogP contribution in [0, 0.1) is 5.82 Å². The van der Waals surface area contributed by atoms with Crippen LogP contribution in [0.25, 0.3) is 0 Å². The summed E-state index contributed by atoms with van der Waals surface area (Å²) in [6, 6.07) is 2.16. The van der Waals surface area contributed by atoms with Gasteiger partial charge in [-0.3, -0.25) is 4.90 Å². The summed E-state index contributed by atoms with van der Waals surface area (Å²) in [6.07, 6.45) is -1.20. The van der Waals surface area contributed by atoms with Gasteiger partial charge >= 0.3 is 24.3 Å². The molecule has 0 amide bonds. The number of furan rings is 1. The minimum Gasteiger partial charge on any atom is -0.475 e. The van der Waals surface area contributed by atoms with Crippen LogP contribution in [0.2, 0.25) is 0 Å². The maximum absolute atomic E-state index is 12.9. The highest BCUT2D eigenvalue weighted by molar-refractivity contribution is 5.73. The number of aromatic nitrogens is 2. The standard InChI is InChI=1S/C17H21FN4O2.2C2HF3O2/c18-14-7-19-16(20-8-14)21-15-6-17(24-11-15)3-1-4-22(12-17)9-13-2-5-23-10-13;2*3-2(4,5)1(6)7/h2,5,7-8,10,15H,1,3-4,6,9,11-12H2,(H,19,20,21);2*(H,6,7). The molecular formula is C21H23F7N4O6. The Morgan fingerprint density at radius 2 is 1.68 bits per heavy atom. The Morgan fingerprint density at radius 1 is 1.11 bits per heavy atom. The first-order valence-corrected chi connectivity index (χ1v) is 10.8. The van der Waals surface area contributed by atoms with Crippen LogP contribution in [-0.4, -0.2) is 80.7 Å². The smallest absolute Gasteiger partial charge is 0.475 e. The molecule has 2 aliphatic heterocycles. The Labute approximate surface area is 210 Å². The number of hydrogen-bond acceptors (Lipinski definition) is 8. The number of likely N-dealkylation sites (tertiary alicyclic amines) is 1. The third-order valence-electron chi connectivity index (χ3n) is 5.25. The van der Waals surface area contributed by atoms with E-state index in [0.717, 1.165) is 38.9 Å². The highest BCUT2D eigenvalue weighted by Gasteiger charge is 2.43. The number of carboxylic acids is 2. The van der Waals surface area contributed by atoms with E-state index in [2.05, 4.69) is 20.2 Å². The molecule has 2 aromatic rings. The SMILES string of the molecule is Fc1cnc(NC2COC3(CCCN(Cc4ccoc4)C3)C2)nc1.O=C(O)C(F)(F)F.O=C(O)C(F)(F)F. The average molecular weight is 560 g/mol. The Bertz CT molecular complexity index is 1010. The van der Waals surface area contributed by atoms with Crippen LogP contribution in [-0.2, 0) is 20.9 Å². The van der Waals surface area contributed by atoms with Crippen molar-refractivity contribution >= 4 is 17.9 Å². The normalized spacial score (nSPS) is 21.6. The molecule has 2 saturated heterocycles. The Hall–Kier alpha value is -3.47. The molecule has 4 rings (SSSR count). The molecule has 0 saturated carbocycles. The number of nitrogens with zero attached hydrogens (tertiary/aromatic N) is 3. The monoisotopic (exact) mass is 560 g/mol. The fraction of sp³-hybridized carbons (Fsp3) is 0.524. The number of carboxylic acid groups (broad SMARTS) is 2. The predicted molar refractivity (Wildman–Crippen MR) is 113 cm³/mol. The molecule has 2 unspecified atom stereocenters. The van der Waals surface area contributed by atoms with E-state index in [1.807, 2.05) is 6.07 Å². The minimum absolute atomic E-state index is 0.111. The quantitative estimate of drug-likeness (QED) is 0.475. The number of halogens is 7. The maximum atomic E-state index is 12.9. The van der Waals surface area contributed by atoms with Gasteiger partial charge in [0.1, 0.15) is 0 Å². The number of carbonyl (C=O) groups is 2. The number of nitrogens with one attached hydrogen (secondary N) is 1. The third kappa shape index (κ3) is 10.1. The molecule has 0 bridgehead atoms. The van der Waals surface area contributed by atoms with Crippen LogP contribution < -0.4 is 5.32 Å². The first kappa shape index (κ1) is 30.8. The topological polar surface area (TPSA) is 138 Å². The lowest BCUT2D eigenvalue weighted by atomic mass is 9.88. The van der Waals surface area contributed by atoms with Gasteiger partial charge in [-0.05, 0) is 25.5 Å². The number of rotatable bonds is 4. The van der Waals surface area contributed by atoms with E-state index in [1.165, 1.54) is 18.0 Å². The Balaban J connectivity index is 0.000000301. The summed E-state index contributed by atoms with van der Waals surface area (Å²) >= 11 is 0. The fourth-order valence-electron chi connectivity index (χ4n) is 3.76. The van der Waals surface area contributed by atoms with E-state index in [4.69, 9.17) is 29.0 Å². The molecule has 17 heteroatoms. The second-order valence-electron chi connectivity index (χ2n) is 8.32. The molecule has 4 heterocycles. The number of aliphatic carboxylic acids is 2. The zero-order chi connectivity index (χ0) is 28.6. The molecule has 2 aliphatic rings. The van der Waals surface area contributed by atoms with Crippen LogP contribution in [0.3, 0.4) is 0 Å². The van der Waals surface area contributed by atoms with E-state index >= 15 is 0 Å². The zero-order valence-corrected chi connectivity index (χ0v) is 19.4. The summed E-state index contributed by atoms with van der Waals surface area (Å²) in [5, 5.41) is 17.5. The van der Waals surface area contributed by atoms with E-state index in [1.54, 1.807) is 12.5 Å². The molecule has 38 heavy (non-hydrogen) atoms. The van der Waals surface area contributed by atoms with Crippen LogP contribution in [0.1, 0.15) is 24.8 Å². The van der Waals surface area contributed by atoms with Crippen molar-refractivity contribution in [2.75, 3.05) is 25.0 Å². The van der Waals surface area contributed by atoms with Gasteiger partial charge in [0, 0.05) is 25.1 Å². The third-order valence-corrected chi connectivity index (χ3v) is 5.25. The summed E-state index contributed by atoms with van der Waals surface area (Å²) in [5.74, 6) is -5.49. The first-order chi connectivity index (χ1) is 17.6. The molecular weight excluding hydrogens is 537 g/mol. The van der Waals surface area contributed by atoms with Crippen LogP contribution in [0.4, 0.5) is 36.7 Å². The molecule has 2 atom stereocenters. The predicted octanol–water partition coefficient (Wildman–Crippen LogP) is 3.71. The van der Waals surface area contributed by atoms with Gasteiger partial charge in [-0.25, -0.2) is 23.9 Å². The van der Waals surface area contributed by atoms with Gasteiger partial charge in [-0.2, -0.15) is 26.3 Å². The molecule has 0 aliphatic carbocycles. The molecule has 0 aromatic carbocycles. The maximum Gasteiger partial charge on any atom is 0.490 e. The lowest BCUT2D eigenvalue weighted by Crippen LogP contribution is -2.47. The van der Waals surface area contributed by atoms with Gasteiger partial charge in [0.2, 0.25) is 5.95 Å². The molecule has 1 spiro atoms. The Kier molecular flexibility index (Phi) is 10.4. The van der Waals surface area contributed by atoms with E-state index in [0.29, 0.717) is 12.6 Å². The number of hydrogen-bond donors (Lipinski definition) is 3. The summed E-state index contributed by atoms with van der Waals surface area (Å²) in [5.41, 5.74) is 1.08.